The van der Waals surface area contributed by atoms with E-state index < -0.39 is 5.25 Å². The third kappa shape index (κ3) is 5.98. The van der Waals surface area contributed by atoms with Gasteiger partial charge in [0.05, 0.1) is 16.5 Å². The zero-order valence-electron chi connectivity index (χ0n) is 22.8. The van der Waals surface area contributed by atoms with Crippen LogP contribution in [0.25, 0.3) is 22.4 Å². The van der Waals surface area contributed by atoms with E-state index in [4.69, 9.17) is 4.98 Å². The standard InChI is InChI=1S/C33H33N3OS/c1-21-11-10-12-22(2)30(21)36-31(37)23(3)38-32-28(20-34)27(19-29(35-32)25-13-8-7-9-14-25)24-15-17-26(18-16-24)33(4,5)6/h7-19,23H,1-6H3,(H,36,37)/t23-/m1/s1. The molecular formula is C33H33N3OS. The highest BCUT2D eigenvalue weighted by molar-refractivity contribution is 8.00. The molecule has 0 unspecified atom stereocenters. The summed E-state index contributed by atoms with van der Waals surface area (Å²) in [5.41, 5.74) is 8.07. The number of aryl methyl sites for hydroxylation is 2. The number of carbonyl (C=O) groups excluding carboxylic acids is 1. The van der Waals surface area contributed by atoms with Gasteiger partial charge in [-0.15, -0.1) is 0 Å². The maximum atomic E-state index is 13.2. The second kappa shape index (κ2) is 11.2. The van der Waals surface area contributed by atoms with Crippen molar-refractivity contribution in [3.05, 3.63) is 101 Å². The highest BCUT2D eigenvalue weighted by atomic mass is 32.2. The summed E-state index contributed by atoms with van der Waals surface area (Å²) in [4.78, 5) is 18.1. The van der Waals surface area contributed by atoms with Gasteiger partial charge in [-0.2, -0.15) is 5.26 Å². The summed E-state index contributed by atoms with van der Waals surface area (Å²) in [6.07, 6.45) is 0. The molecule has 0 bridgehead atoms. The molecule has 1 atom stereocenters. The lowest BCUT2D eigenvalue weighted by Gasteiger charge is -2.20. The number of pyridine rings is 1. The van der Waals surface area contributed by atoms with E-state index in [1.807, 2.05) is 75.4 Å². The smallest absolute Gasteiger partial charge is 0.237 e. The topological polar surface area (TPSA) is 65.8 Å². The van der Waals surface area contributed by atoms with Gasteiger partial charge in [0.1, 0.15) is 11.1 Å². The minimum Gasteiger partial charge on any atom is -0.325 e. The van der Waals surface area contributed by atoms with Crippen LogP contribution >= 0.6 is 11.8 Å². The molecule has 4 rings (SSSR count). The molecule has 1 aromatic heterocycles. The van der Waals surface area contributed by atoms with E-state index in [0.717, 1.165) is 39.2 Å². The Morgan fingerprint density at radius 2 is 1.55 bits per heavy atom. The molecule has 3 aromatic carbocycles. The first kappa shape index (κ1) is 27.2. The predicted octanol–water partition coefficient (Wildman–Crippen LogP) is 8.32. The van der Waals surface area contributed by atoms with Gasteiger partial charge in [0, 0.05) is 16.8 Å². The molecule has 0 spiro atoms. The molecule has 0 radical (unpaired) electrons. The van der Waals surface area contributed by atoms with Crippen LogP contribution in [0, 0.1) is 25.2 Å². The average molecular weight is 520 g/mol. The van der Waals surface area contributed by atoms with Crippen molar-refractivity contribution >= 4 is 23.4 Å². The van der Waals surface area contributed by atoms with Crippen LogP contribution in [0.15, 0.2) is 83.9 Å². The number of thioether (sulfide) groups is 1. The number of benzene rings is 3. The van der Waals surface area contributed by atoms with E-state index in [0.29, 0.717) is 10.6 Å². The summed E-state index contributed by atoms with van der Waals surface area (Å²) >= 11 is 1.31. The van der Waals surface area contributed by atoms with Crippen molar-refractivity contribution in [2.75, 3.05) is 5.32 Å². The maximum absolute atomic E-state index is 13.2. The Labute approximate surface area is 230 Å². The van der Waals surface area contributed by atoms with Gasteiger partial charge in [-0.3, -0.25) is 4.79 Å². The molecular weight excluding hydrogens is 486 g/mol. The van der Waals surface area contributed by atoms with Crippen molar-refractivity contribution in [1.82, 2.24) is 4.98 Å². The van der Waals surface area contributed by atoms with Crippen LogP contribution in [0.1, 0.15) is 49.9 Å². The maximum Gasteiger partial charge on any atom is 0.237 e. The molecule has 0 aliphatic rings. The van der Waals surface area contributed by atoms with Crippen molar-refractivity contribution in [2.24, 2.45) is 0 Å². The molecule has 0 saturated carbocycles. The van der Waals surface area contributed by atoms with Crippen LogP contribution in [0.2, 0.25) is 0 Å². The van der Waals surface area contributed by atoms with Gasteiger partial charge in [-0.05, 0) is 54.5 Å². The number of para-hydroxylation sites is 1. The van der Waals surface area contributed by atoms with Crippen LogP contribution < -0.4 is 5.32 Å². The fraction of sp³-hybridized carbons (Fsp3) is 0.242. The number of rotatable bonds is 6. The number of hydrogen-bond acceptors (Lipinski definition) is 4. The van der Waals surface area contributed by atoms with Gasteiger partial charge < -0.3 is 5.32 Å². The Morgan fingerprint density at radius 1 is 0.921 bits per heavy atom. The number of amides is 1. The van der Waals surface area contributed by atoms with Gasteiger partial charge in [0.15, 0.2) is 0 Å². The van der Waals surface area contributed by atoms with Crippen molar-refractivity contribution < 1.29 is 4.79 Å². The number of nitriles is 1. The molecule has 1 heterocycles. The second-order valence-electron chi connectivity index (χ2n) is 10.6. The first-order valence-electron chi connectivity index (χ1n) is 12.7. The molecule has 1 amide bonds. The van der Waals surface area contributed by atoms with Gasteiger partial charge in [-0.1, -0.05) is 105 Å². The highest BCUT2D eigenvalue weighted by Gasteiger charge is 2.23. The molecule has 1 N–H and O–H groups in total. The normalized spacial score (nSPS) is 12.0. The number of hydrogen-bond donors (Lipinski definition) is 1. The Bertz CT molecular complexity index is 1480. The van der Waals surface area contributed by atoms with Crippen LogP contribution in [0.3, 0.4) is 0 Å². The monoisotopic (exact) mass is 519 g/mol. The minimum absolute atomic E-state index is 0.0311. The molecule has 38 heavy (non-hydrogen) atoms. The number of anilines is 1. The number of carbonyl (C=O) groups is 1. The van der Waals surface area contributed by atoms with Crippen molar-refractivity contribution in [1.29, 1.82) is 5.26 Å². The Morgan fingerprint density at radius 3 is 2.13 bits per heavy atom. The first-order chi connectivity index (χ1) is 18.1. The molecule has 0 saturated heterocycles. The molecule has 0 aliphatic carbocycles. The second-order valence-corrected chi connectivity index (χ2v) is 11.9. The van der Waals surface area contributed by atoms with E-state index in [1.54, 1.807) is 0 Å². The molecule has 4 aromatic rings. The van der Waals surface area contributed by atoms with Gasteiger partial charge >= 0.3 is 0 Å². The molecule has 4 nitrogen and oxygen atoms in total. The van der Waals surface area contributed by atoms with E-state index in [9.17, 15) is 10.1 Å². The first-order valence-corrected chi connectivity index (χ1v) is 13.6. The van der Waals surface area contributed by atoms with E-state index in [2.05, 4.69) is 56.4 Å². The lowest BCUT2D eigenvalue weighted by Crippen LogP contribution is -2.23. The third-order valence-corrected chi connectivity index (χ3v) is 7.70. The molecule has 0 aliphatic heterocycles. The molecule has 5 heteroatoms. The summed E-state index contributed by atoms with van der Waals surface area (Å²) < 4.78 is 0. The van der Waals surface area contributed by atoms with Crippen LogP contribution in [-0.2, 0) is 10.2 Å². The Balaban J connectivity index is 1.75. The van der Waals surface area contributed by atoms with E-state index in [-0.39, 0.29) is 11.3 Å². The van der Waals surface area contributed by atoms with Gasteiger partial charge in [-0.25, -0.2) is 4.98 Å². The fourth-order valence-corrected chi connectivity index (χ4v) is 5.23. The minimum atomic E-state index is -0.462. The third-order valence-electron chi connectivity index (χ3n) is 6.62. The zero-order chi connectivity index (χ0) is 27.4. The summed E-state index contributed by atoms with van der Waals surface area (Å²) in [7, 11) is 0. The van der Waals surface area contributed by atoms with Gasteiger partial charge in [0.2, 0.25) is 5.91 Å². The summed E-state index contributed by atoms with van der Waals surface area (Å²) in [6, 6.07) is 28.6. The molecule has 0 fully saturated rings. The van der Waals surface area contributed by atoms with Crippen LogP contribution in [0.4, 0.5) is 5.69 Å². The fourth-order valence-electron chi connectivity index (χ4n) is 4.31. The van der Waals surface area contributed by atoms with Crippen LogP contribution in [-0.4, -0.2) is 16.1 Å². The summed E-state index contributed by atoms with van der Waals surface area (Å²) in [6.45, 7) is 12.4. The Hall–Kier alpha value is -3.88. The number of aromatic nitrogens is 1. The lowest BCUT2D eigenvalue weighted by atomic mass is 9.86. The van der Waals surface area contributed by atoms with E-state index in [1.165, 1.54) is 17.3 Å². The predicted molar refractivity (Wildman–Crippen MR) is 158 cm³/mol. The van der Waals surface area contributed by atoms with E-state index >= 15 is 0 Å². The highest BCUT2D eigenvalue weighted by Crippen LogP contribution is 2.37. The van der Waals surface area contributed by atoms with Crippen molar-refractivity contribution in [3.8, 4) is 28.5 Å². The van der Waals surface area contributed by atoms with Crippen molar-refractivity contribution in [3.63, 3.8) is 0 Å². The summed E-state index contributed by atoms with van der Waals surface area (Å²) in [5.74, 6) is -0.126. The lowest BCUT2D eigenvalue weighted by molar-refractivity contribution is -0.115. The summed E-state index contributed by atoms with van der Waals surface area (Å²) in [5, 5.41) is 13.4. The zero-order valence-corrected chi connectivity index (χ0v) is 23.6. The average Bonchev–Trinajstić information content (AvgIpc) is 2.90. The number of nitrogens with one attached hydrogen (secondary N) is 1. The quantitative estimate of drug-likeness (QED) is 0.260. The van der Waals surface area contributed by atoms with Crippen LogP contribution in [0.5, 0.6) is 0 Å². The largest absolute Gasteiger partial charge is 0.325 e. The molecule has 192 valence electrons. The SMILES string of the molecule is Cc1cccc(C)c1NC(=O)[C@@H](C)Sc1nc(-c2ccccc2)cc(-c2ccc(C(C)(C)C)cc2)c1C#N. The van der Waals surface area contributed by atoms with Crippen molar-refractivity contribution in [2.45, 2.75) is 57.2 Å². The van der Waals surface area contributed by atoms with Gasteiger partial charge in [0.25, 0.3) is 0 Å². The Kier molecular flexibility index (Phi) is 8.04. The number of nitrogens with zero attached hydrogens (tertiary/aromatic N) is 2.